The van der Waals surface area contributed by atoms with Crippen LogP contribution in [0.25, 0.3) is 10.8 Å². The summed E-state index contributed by atoms with van der Waals surface area (Å²) in [5.41, 5.74) is -1.02. The van der Waals surface area contributed by atoms with E-state index in [1.807, 2.05) is 6.07 Å². The van der Waals surface area contributed by atoms with Crippen LogP contribution >= 0.6 is 0 Å². The molecule has 0 spiro atoms. The first kappa shape index (κ1) is 12.7. The van der Waals surface area contributed by atoms with Crippen LogP contribution in [0.3, 0.4) is 0 Å². The molecule has 2 aromatic rings. The monoisotopic (exact) mass is 272 g/mol. The lowest BCUT2D eigenvalue weighted by Gasteiger charge is -2.27. The maximum Gasteiger partial charge on any atom is 0.329 e. The standard InChI is InChI=1S/C15H16N2O3/c1-15(14(19)20,10-3-4-10)17-13-12-8-11(18)5-2-9(12)6-7-16-13/h2,5-8,10,18H,3-4H2,1H3,(H,16,17)(H,19,20). The molecule has 0 aliphatic heterocycles. The van der Waals surface area contributed by atoms with Gasteiger partial charge in [0.25, 0.3) is 0 Å². The number of rotatable bonds is 4. The summed E-state index contributed by atoms with van der Waals surface area (Å²) < 4.78 is 0. The maximum atomic E-state index is 11.6. The number of pyridine rings is 1. The third-order valence-corrected chi connectivity index (χ3v) is 3.97. The Kier molecular flexibility index (Phi) is 2.78. The Morgan fingerprint density at radius 1 is 1.40 bits per heavy atom. The van der Waals surface area contributed by atoms with Crippen molar-refractivity contribution in [3.63, 3.8) is 0 Å². The predicted molar refractivity (Wildman–Crippen MR) is 75.8 cm³/mol. The highest BCUT2D eigenvalue weighted by Gasteiger charge is 2.48. The highest BCUT2D eigenvalue weighted by Crippen LogP contribution is 2.42. The normalized spacial score (nSPS) is 17.6. The minimum absolute atomic E-state index is 0.120. The number of anilines is 1. The average Bonchev–Trinajstić information content (AvgIpc) is 3.23. The van der Waals surface area contributed by atoms with Gasteiger partial charge in [-0.25, -0.2) is 9.78 Å². The van der Waals surface area contributed by atoms with Gasteiger partial charge in [0.15, 0.2) is 0 Å². The van der Waals surface area contributed by atoms with Gasteiger partial charge in [-0.05, 0) is 49.3 Å². The Balaban J connectivity index is 2.06. The largest absolute Gasteiger partial charge is 0.508 e. The molecule has 0 amide bonds. The van der Waals surface area contributed by atoms with Crippen LogP contribution in [-0.2, 0) is 4.79 Å². The molecule has 1 atom stereocenters. The number of aromatic nitrogens is 1. The molecule has 5 nitrogen and oxygen atoms in total. The number of aliphatic carboxylic acids is 1. The number of benzene rings is 1. The lowest BCUT2D eigenvalue weighted by Crippen LogP contribution is -2.45. The SMILES string of the molecule is CC(Nc1nccc2ccc(O)cc12)(C(=O)O)C1CC1. The fourth-order valence-electron chi connectivity index (χ4n) is 2.49. The number of phenols is 1. The molecule has 1 unspecified atom stereocenters. The maximum absolute atomic E-state index is 11.6. The molecule has 5 heteroatoms. The molecule has 1 aromatic carbocycles. The fraction of sp³-hybridized carbons (Fsp3) is 0.333. The van der Waals surface area contributed by atoms with Gasteiger partial charge in [0.1, 0.15) is 17.1 Å². The molecule has 3 N–H and O–H groups in total. The minimum atomic E-state index is -1.02. The van der Waals surface area contributed by atoms with Crippen LogP contribution in [0.5, 0.6) is 5.75 Å². The van der Waals surface area contributed by atoms with Gasteiger partial charge in [0.05, 0.1) is 0 Å². The van der Waals surface area contributed by atoms with Crippen molar-refractivity contribution in [3.8, 4) is 5.75 Å². The van der Waals surface area contributed by atoms with Gasteiger partial charge < -0.3 is 15.5 Å². The molecule has 0 bridgehead atoms. The van der Waals surface area contributed by atoms with Crippen molar-refractivity contribution < 1.29 is 15.0 Å². The highest BCUT2D eigenvalue weighted by molar-refractivity contribution is 5.95. The first-order valence-electron chi connectivity index (χ1n) is 6.60. The molecule has 20 heavy (non-hydrogen) atoms. The van der Waals surface area contributed by atoms with Gasteiger partial charge in [0.2, 0.25) is 0 Å². The van der Waals surface area contributed by atoms with E-state index in [-0.39, 0.29) is 11.7 Å². The number of hydrogen-bond acceptors (Lipinski definition) is 4. The molecule has 1 aromatic heterocycles. The number of fused-ring (bicyclic) bond motifs is 1. The van der Waals surface area contributed by atoms with Crippen molar-refractivity contribution >= 4 is 22.6 Å². The van der Waals surface area contributed by atoms with Gasteiger partial charge in [-0.3, -0.25) is 0 Å². The highest BCUT2D eigenvalue weighted by atomic mass is 16.4. The van der Waals surface area contributed by atoms with Gasteiger partial charge in [-0.1, -0.05) is 6.07 Å². The van der Waals surface area contributed by atoms with E-state index in [0.717, 1.165) is 23.6 Å². The summed E-state index contributed by atoms with van der Waals surface area (Å²) in [6, 6.07) is 6.81. The molecule has 104 valence electrons. The molecule has 1 heterocycles. The second kappa shape index (κ2) is 4.37. The number of phenolic OH excluding ortho intramolecular Hbond substituents is 1. The van der Waals surface area contributed by atoms with Crippen molar-refractivity contribution in [2.24, 2.45) is 5.92 Å². The topological polar surface area (TPSA) is 82.5 Å². The molecule has 0 saturated heterocycles. The molecule has 3 rings (SSSR count). The first-order valence-corrected chi connectivity index (χ1v) is 6.60. The summed E-state index contributed by atoms with van der Waals surface area (Å²) in [5, 5.41) is 23.8. The van der Waals surface area contributed by atoms with E-state index in [1.54, 1.807) is 31.3 Å². The van der Waals surface area contributed by atoms with Crippen LogP contribution in [0.15, 0.2) is 30.5 Å². The predicted octanol–water partition coefficient (Wildman–Crippen LogP) is 2.61. The number of carboxylic acids is 1. The van der Waals surface area contributed by atoms with Gasteiger partial charge in [-0.2, -0.15) is 0 Å². The Bertz CT molecular complexity index is 682. The molecule has 1 saturated carbocycles. The summed E-state index contributed by atoms with van der Waals surface area (Å²) in [7, 11) is 0. The second-order valence-corrected chi connectivity index (χ2v) is 5.47. The number of nitrogens with one attached hydrogen (secondary N) is 1. The Labute approximate surface area is 116 Å². The van der Waals surface area contributed by atoms with E-state index in [0.29, 0.717) is 5.82 Å². The lowest BCUT2D eigenvalue weighted by molar-refractivity contribution is -0.142. The van der Waals surface area contributed by atoms with Crippen molar-refractivity contribution in [1.29, 1.82) is 0 Å². The van der Waals surface area contributed by atoms with Crippen LogP contribution in [0.1, 0.15) is 19.8 Å². The van der Waals surface area contributed by atoms with Crippen LogP contribution in [0.2, 0.25) is 0 Å². The van der Waals surface area contributed by atoms with E-state index in [2.05, 4.69) is 10.3 Å². The van der Waals surface area contributed by atoms with Crippen LogP contribution < -0.4 is 5.32 Å². The Morgan fingerprint density at radius 2 is 2.15 bits per heavy atom. The number of nitrogens with zero attached hydrogens (tertiary/aromatic N) is 1. The van der Waals surface area contributed by atoms with Crippen molar-refractivity contribution in [3.05, 3.63) is 30.5 Å². The summed E-state index contributed by atoms with van der Waals surface area (Å²) >= 11 is 0. The third-order valence-electron chi connectivity index (χ3n) is 3.97. The molecular weight excluding hydrogens is 256 g/mol. The zero-order valence-electron chi connectivity index (χ0n) is 11.1. The van der Waals surface area contributed by atoms with Crippen LogP contribution in [0, 0.1) is 5.92 Å². The zero-order chi connectivity index (χ0) is 14.3. The van der Waals surface area contributed by atoms with Crippen molar-refractivity contribution in [2.45, 2.75) is 25.3 Å². The lowest BCUT2D eigenvalue weighted by atomic mass is 9.95. The van der Waals surface area contributed by atoms with E-state index in [1.165, 1.54) is 0 Å². The number of carboxylic acid groups (broad SMARTS) is 1. The van der Waals surface area contributed by atoms with Gasteiger partial charge in [-0.15, -0.1) is 0 Å². The molecule has 1 aliphatic carbocycles. The van der Waals surface area contributed by atoms with Crippen molar-refractivity contribution in [2.75, 3.05) is 5.32 Å². The fourth-order valence-corrected chi connectivity index (χ4v) is 2.49. The second-order valence-electron chi connectivity index (χ2n) is 5.47. The third kappa shape index (κ3) is 2.05. The zero-order valence-corrected chi connectivity index (χ0v) is 11.1. The van der Waals surface area contributed by atoms with Crippen molar-refractivity contribution in [1.82, 2.24) is 4.98 Å². The first-order chi connectivity index (χ1) is 9.50. The Hall–Kier alpha value is -2.30. The van der Waals surface area contributed by atoms with Gasteiger partial charge >= 0.3 is 5.97 Å². The Morgan fingerprint density at radius 3 is 2.80 bits per heavy atom. The molecule has 0 radical (unpaired) electrons. The summed E-state index contributed by atoms with van der Waals surface area (Å²) in [5.74, 6) is -0.125. The number of hydrogen-bond donors (Lipinski definition) is 3. The molecular formula is C15H16N2O3. The quantitative estimate of drug-likeness (QED) is 0.797. The van der Waals surface area contributed by atoms with E-state index >= 15 is 0 Å². The molecule has 1 aliphatic rings. The van der Waals surface area contributed by atoms with E-state index in [9.17, 15) is 15.0 Å². The number of carbonyl (C=O) groups is 1. The van der Waals surface area contributed by atoms with E-state index < -0.39 is 11.5 Å². The summed E-state index contributed by atoms with van der Waals surface area (Å²) in [6.45, 7) is 1.69. The molecule has 1 fully saturated rings. The van der Waals surface area contributed by atoms with Gasteiger partial charge in [0, 0.05) is 11.6 Å². The summed E-state index contributed by atoms with van der Waals surface area (Å²) in [4.78, 5) is 15.8. The minimum Gasteiger partial charge on any atom is -0.508 e. The summed E-state index contributed by atoms with van der Waals surface area (Å²) in [6.07, 6.45) is 3.45. The van der Waals surface area contributed by atoms with Crippen LogP contribution in [-0.4, -0.2) is 26.7 Å². The van der Waals surface area contributed by atoms with E-state index in [4.69, 9.17) is 0 Å². The average molecular weight is 272 g/mol. The van der Waals surface area contributed by atoms with Crippen LogP contribution in [0.4, 0.5) is 5.82 Å². The number of aromatic hydroxyl groups is 1. The smallest absolute Gasteiger partial charge is 0.329 e.